The summed E-state index contributed by atoms with van der Waals surface area (Å²) in [5.74, 6) is -0.380. The van der Waals surface area contributed by atoms with Gasteiger partial charge in [0.15, 0.2) is 0 Å². The molecule has 1 atom stereocenters. The van der Waals surface area contributed by atoms with E-state index in [1.807, 2.05) is 17.5 Å². The third-order valence-electron chi connectivity index (χ3n) is 2.46. The number of hydrogen-bond acceptors (Lipinski definition) is 3. The van der Waals surface area contributed by atoms with Gasteiger partial charge >= 0.3 is 0 Å². The molecule has 0 aliphatic rings. The number of hydrogen-bond donors (Lipinski definition) is 1. The van der Waals surface area contributed by atoms with E-state index in [0.717, 1.165) is 4.88 Å². The monoisotopic (exact) mass is 324 g/mol. The van der Waals surface area contributed by atoms with Crippen LogP contribution in [0.4, 0.5) is 4.39 Å². The van der Waals surface area contributed by atoms with Crippen molar-refractivity contribution in [3.63, 3.8) is 0 Å². The largest absolute Gasteiger partial charge is 0.293 e. The Morgan fingerprint density at radius 3 is 2.89 bits per heavy atom. The van der Waals surface area contributed by atoms with Crippen molar-refractivity contribution in [2.45, 2.75) is 12.6 Å². The lowest BCUT2D eigenvalue weighted by atomic mass is 10.1. The maximum atomic E-state index is 13.7. The molecule has 1 heterocycles. The summed E-state index contributed by atoms with van der Waals surface area (Å²) in [6.45, 7) is 0.561. The Bertz CT molecular complexity index is 563. The molecule has 1 N–H and O–H groups in total. The van der Waals surface area contributed by atoms with Gasteiger partial charge in [-0.1, -0.05) is 28.1 Å². The van der Waals surface area contributed by atoms with Crippen LogP contribution in [0.2, 0.25) is 0 Å². The van der Waals surface area contributed by atoms with Gasteiger partial charge < -0.3 is 0 Å². The second-order valence-corrected chi connectivity index (χ2v) is 5.64. The van der Waals surface area contributed by atoms with Crippen molar-refractivity contribution < 1.29 is 4.39 Å². The number of rotatable bonds is 4. The molecule has 2 aromatic rings. The fourth-order valence-electron chi connectivity index (χ4n) is 1.58. The van der Waals surface area contributed by atoms with Crippen LogP contribution < -0.4 is 5.32 Å². The molecule has 0 spiro atoms. The molecule has 1 unspecified atom stereocenters. The lowest BCUT2D eigenvalue weighted by molar-refractivity contribution is 0.563. The summed E-state index contributed by atoms with van der Waals surface area (Å²) in [5.41, 5.74) is 0.372. The molecule has 2 rings (SSSR count). The highest BCUT2D eigenvalue weighted by Gasteiger charge is 2.14. The van der Waals surface area contributed by atoms with Gasteiger partial charge in [0.05, 0.1) is 6.07 Å². The van der Waals surface area contributed by atoms with Crippen molar-refractivity contribution in [3.05, 3.63) is 56.4 Å². The van der Waals surface area contributed by atoms with Crippen molar-refractivity contribution in [2.24, 2.45) is 0 Å². The van der Waals surface area contributed by atoms with E-state index >= 15 is 0 Å². The molecule has 0 saturated heterocycles. The van der Waals surface area contributed by atoms with Crippen LogP contribution in [-0.2, 0) is 6.54 Å². The van der Waals surface area contributed by atoms with Crippen LogP contribution in [0, 0.1) is 17.1 Å². The van der Waals surface area contributed by atoms with E-state index < -0.39 is 6.04 Å². The van der Waals surface area contributed by atoms with Crippen LogP contribution in [-0.4, -0.2) is 0 Å². The highest BCUT2D eigenvalue weighted by atomic mass is 79.9. The summed E-state index contributed by atoms with van der Waals surface area (Å²) < 4.78 is 14.4. The van der Waals surface area contributed by atoms with Gasteiger partial charge in [-0.25, -0.2) is 4.39 Å². The summed E-state index contributed by atoms with van der Waals surface area (Å²) in [4.78, 5) is 1.12. The van der Waals surface area contributed by atoms with E-state index in [0.29, 0.717) is 16.6 Å². The Kier molecular flexibility index (Phi) is 4.48. The summed E-state index contributed by atoms with van der Waals surface area (Å²) in [6.07, 6.45) is 0. The minimum atomic E-state index is -0.639. The number of nitrogens with zero attached hydrogens (tertiary/aromatic N) is 1. The highest BCUT2D eigenvalue weighted by Crippen LogP contribution is 2.21. The van der Waals surface area contributed by atoms with Crippen LogP contribution in [0.5, 0.6) is 0 Å². The molecule has 2 nitrogen and oxygen atoms in total. The Balaban J connectivity index is 2.11. The summed E-state index contributed by atoms with van der Waals surface area (Å²) in [5, 5.41) is 14.1. The van der Waals surface area contributed by atoms with Crippen LogP contribution in [0.3, 0.4) is 0 Å². The van der Waals surface area contributed by atoms with E-state index in [4.69, 9.17) is 5.26 Å². The number of thiophene rings is 1. The molecule has 1 aromatic heterocycles. The minimum absolute atomic E-state index is 0.372. The van der Waals surface area contributed by atoms with Gasteiger partial charge in [-0.05, 0) is 23.6 Å². The van der Waals surface area contributed by atoms with Crippen molar-refractivity contribution in [2.75, 3.05) is 0 Å². The van der Waals surface area contributed by atoms with Crippen molar-refractivity contribution in [1.82, 2.24) is 5.32 Å². The molecule has 0 amide bonds. The molecule has 1 aromatic carbocycles. The molecule has 0 saturated carbocycles. The van der Waals surface area contributed by atoms with E-state index in [-0.39, 0.29) is 5.82 Å². The first-order valence-electron chi connectivity index (χ1n) is 5.31. The highest BCUT2D eigenvalue weighted by molar-refractivity contribution is 9.10. The Morgan fingerprint density at radius 1 is 1.44 bits per heavy atom. The zero-order valence-corrected chi connectivity index (χ0v) is 11.8. The van der Waals surface area contributed by atoms with Crippen LogP contribution >= 0.6 is 27.3 Å². The molecule has 0 aliphatic carbocycles. The zero-order valence-electron chi connectivity index (χ0n) is 9.36. The Hall–Kier alpha value is -1.22. The van der Waals surface area contributed by atoms with Gasteiger partial charge in [0.1, 0.15) is 11.9 Å². The number of nitrogens with one attached hydrogen (secondary N) is 1. The second kappa shape index (κ2) is 6.10. The molecule has 0 radical (unpaired) electrons. The lowest BCUT2D eigenvalue weighted by Gasteiger charge is -2.12. The van der Waals surface area contributed by atoms with E-state index in [1.165, 1.54) is 6.07 Å². The second-order valence-electron chi connectivity index (χ2n) is 3.69. The predicted octanol–water partition coefficient (Wildman–Crippen LogP) is 4.00. The summed E-state index contributed by atoms with van der Waals surface area (Å²) in [6, 6.07) is 10.1. The fraction of sp³-hybridized carbons (Fsp3) is 0.154. The van der Waals surface area contributed by atoms with E-state index in [9.17, 15) is 4.39 Å². The van der Waals surface area contributed by atoms with Gasteiger partial charge in [-0.2, -0.15) is 5.26 Å². The third kappa shape index (κ3) is 3.16. The molecular formula is C13H10BrFN2S. The van der Waals surface area contributed by atoms with Gasteiger partial charge in [0.2, 0.25) is 0 Å². The molecule has 5 heteroatoms. The topological polar surface area (TPSA) is 35.8 Å². The first-order chi connectivity index (χ1) is 8.70. The first kappa shape index (κ1) is 13.2. The van der Waals surface area contributed by atoms with E-state index in [1.54, 1.807) is 23.5 Å². The predicted molar refractivity (Wildman–Crippen MR) is 73.6 cm³/mol. The average Bonchev–Trinajstić information content (AvgIpc) is 2.85. The molecular weight excluding hydrogens is 315 g/mol. The molecule has 92 valence electrons. The summed E-state index contributed by atoms with van der Waals surface area (Å²) >= 11 is 4.80. The SMILES string of the molecule is N#CC(NCc1cccs1)c1ccc(Br)cc1F. The Morgan fingerprint density at radius 2 is 2.28 bits per heavy atom. The summed E-state index contributed by atoms with van der Waals surface area (Å²) in [7, 11) is 0. The first-order valence-corrected chi connectivity index (χ1v) is 6.98. The van der Waals surface area contributed by atoms with Gasteiger partial charge in [0, 0.05) is 21.5 Å². The van der Waals surface area contributed by atoms with Crippen LogP contribution in [0.25, 0.3) is 0 Å². The lowest BCUT2D eigenvalue weighted by Crippen LogP contribution is -2.20. The van der Waals surface area contributed by atoms with Crippen molar-refractivity contribution >= 4 is 27.3 Å². The number of nitriles is 1. The smallest absolute Gasteiger partial charge is 0.130 e. The van der Waals surface area contributed by atoms with Crippen molar-refractivity contribution in [3.8, 4) is 6.07 Å². The van der Waals surface area contributed by atoms with Crippen LogP contribution in [0.1, 0.15) is 16.5 Å². The molecule has 0 bridgehead atoms. The third-order valence-corrected chi connectivity index (χ3v) is 3.83. The number of halogens is 2. The Labute approximate surface area is 117 Å². The van der Waals surface area contributed by atoms with E-state index in [2.05, 4.69) is 27.3 Å². The average molecular weight is 325 g/mol. The minimum Gasteiger partial charge on any atom is -0.293 e. The molecule has 18 heavy (non-hydrogen) atoms. The number of benzene rings is 1. The van der Waals surface area contributed by atoms with Gasteiger partial charge in [-0.15, -0.1) is 11.3 Å². The van der Waals surface area contributed by atoms with Gasteiger partial charge in [-0.3, -0.25) is 5.32 Å². The maximum absolute atomic E-state index is 13.7. The molecule has 0 fully saturated rings. The van der Waals surface area contributed by atoms with Gasteiger partial charge in [0.25, 0.3) is 0 Å². The normalized spacial score (nSPS) is 12.1. The standard InChI is InChI=1S/C13H10BrFN2S/c14-9-3-4-11(12(15)6-9)13(7-16)17-8-10-2-1-5-18-10/h1-6,13,17H,8H2. The maximum Gasteiger partial charge on any atom is 0.130 e. The van der Waals surface area contributed by atoms with Crippen LogP contribution in [0.15, 0.2) is 40.2 Å². The zero-order chi connectivity index (χ0) is 13.0. The molecule has 0 aliphatic heterocycles. The van der Waals surface area contributed by atoms with Crippen molar-refractivity contribution in [1.29, 1.82) is 5.26 Å². The quantitative estimate of drug-likeness (QED) is 0.922. The fourth-order valence-corrected chi connectivity index (χ4v) is 2.57.